The fourth-order valence-electron chi connectivity index (χ4n) is 1.20. The van der Waals surface area contributed by atoms with E-state index < -0.39 is 5.97 Å². The highest BCUT2D eigenvalue weighted by atomic mass is 79.9. The lowest BCUT2D eigenvalue weighted by Crippen LogP contribution is -2.07. The minimum Gasteiger partial charge on any atom is -0.462 e. The Morgan fingerprint density at radius 1 is 1.56 bits per heavy atom. The first kappa shape index (κ1) is 13.2. The molecule has 0 aliphatic carbocycles. The summed E-state index contributed by atoms with van der Waals surface area (Å²) >= 11 is 6.53. The van der Waals surface area contributed by atoms with Gasteiger partial charge in [-0.2, -0.15) is 5.26 Å². The molecular formula is C11H9Br2NO2. The van der Waals surface area contributed by atoms with Crippen LogP contribution in [0.3, 0.4) is 0 Å². The van der Waals surface area contributed by atoms with Gasteiger partial charge >= 0.3 is 5.97 Å². The third-order valence-corrected chi connectivity index (χ3v) is 3.40. The maximum Gasteiger partial charge on any atom is 0.339 e. The Hall–Kier alpha value is -0.860. The van der Waals surface area contributed by atoms with Crippen molar-refractivity contribution in [3.8, 4) is 6.07 Å². The van der Waals surface area contributed by atoms with Crippen molar-refractivity contribution in [2.75, 3.05) is 6.61 Å². The van der Waals surface area contributed by atoms with E-state index in [0.717, 1.165) is 5.56 Å². The molecule has 0 unspecified atom stereocenters. The minimum absolute atomic E-state index is 0.311. The molecule has 1 aromatic carbocycles. The van der Waals surface area contributed by atoms with Gasteiger partial charge < -0.3 is 4.74 Å². The molecule has 0 aromatic heterocycles. The molecule has 1 aromatic rings. The van der Waals surface area contributed by atoms with Gasteiger partial charge in [-0.05, 0) is 40.5 Å². The van der Waals surface area contributed by atoms with E-state index in [1.54, 1.807) is 19.1 Å². The van der Waals surface area contributed by atoms with Gasteiger partial charge in [0.05, 0.1) is 17.7 Å². The Kier molecular flexibility index (Phi) is 4.97. The molecule has 0 bridgehead atoms. The SMILES string of the molecule is CCOC(=O)c1cc(CBr)cc(C#N)c1Br. The number of alkyl halides is 1. The Balaban J connectivity index is 3.27. The van der Waals surface area contributed by atoms with Crippen LogP contribution in [0.25, 0.3) is 0 Å². The fourth-order valence-corrected chi connectivity index (χ4v) is 2.00. The Morgan fingerprint density at radius 2 is 2.25 bits per heavy atom. The van der Waals surface area contributed by atoms with Crippen molar-refractivity contribution >= 4 is 37.8 Å². The number of nitrogens with zero attached hydrogens (tertiary/aromatic N) is 1. The molecule has 0 aliphatic heterocycles. The van der Waals surface area contributed by atoms with Crippen molar-refractivity contribution < 1.29 is 9.53 Å². The number of rotatable bonds is 3. The first-order chi connectivity index (χ1) is 7.63. The van der Waals surface area contributed by atoms with Crippen molar-refractivity contribution in [1.29, 1.82) is 5.26 Å². The number of esters is 1. The van der Waals surface area contributed by atoms with Gasteiger partial charge in [0.25, 0.3) is 0 Å². The third-order valence-electron chi connectivity index (χ3n) is 1.90. The molecule has 0 atom stereocenters. The number of carbonyl (C=O) groups excluding carboxylic acids is 1. The number of hydrogen-bond donors (Lipinski definition) is 0. The summed E-state index contributed by atoms with van der Waals surface area (Å²) in [5.74, 6) is -0.423. The molecular weight excluding hydrogens is 338 g/mol. The third kappa shape index (κ3) is 2.83. The topological polar surface area (TPSA) is 50.1 Å². The smallest absolute Gasteiger partial charge is 0.339 e. The van der Waals surface area contributed by atoms with Gasteiger partial charge in [-0.25, -0.2) is 4.79 Å². The molecule has 5 heteroatoms. The molecule has 0 amide bonds. The number of carbonyl (C=O) groups is 1. The Morgan fingerprint density at radius 3 is 2.75 bits per heavy atom. The van der Waals surface area contributed by atoms with Crippen molar-refractivity contribution in [2.45, 2.75) is 12.3 Å². The average molecular weight is 347 g/mol. The predicted molar refractivity (Wildman–Crippen MR) is 67.4 cm³/mol. The van der Waals surface area contributed by atoms with E-state index in [2.05, 4.69) is 31.9 Å². The molecule has 1 rings (SSSR count). The molecule has 84 valence electrons. The maximum atomic E-state index is 11.6. The zero-order valence-corrected chi connectivity index (χ0v) is 11.8. The highest BCUT2D eigenvalue weighted by Gasteiger charge is 2.15. The number of halogens is 2. The predicted octanol–water partition coefficient (Wildman–Crippen LogP) is 3.39. The summed E-state index contributed by atoms with van der Waals surface area (Å²) in [6.07, 6.45) is 0. The number of nitriles is 1. The number of benzene rings is 1. The summed E-state index contributed by atoms with van der Waals surface area (Å²) in [4.78, 5) is 11.6. The highest BCUT2D eigenvalue weighted by molar-refractivity contribution is 9.10. The van der Waals surface area contributed by atoms with Crippen LogP contribution in [-0.2, 0) is 10.1 Å². The number of hydrogen-bond acceptors (Lipinski definition) is 3. The van der Waals surface area contributed by atoms with Gasteiger partial charge in [0.2, 0.25) is 0 Å². The zero-order valence-electron chi connectivity index (χ0n) is 8.59. The van der Waals surface area contributed by atoms with Crippen LogP contribution < -0.4 is 0 Å². The maximum absolute atomic E-state index is 11.6. The molecule has 0 aliphatic rings. The van der Waals surface area contributed by atoms with E-state index in [1.807, 2.05) is 6.07 Å². The Bertz CT molecular complexity index is 452. The molecule has 0 radical (unpaired) electrons. The van der Waals surface area contributed by atoms with Gasteiger partial charge in [0.15, 0.2) is 0 Å². The van der Waals surface area contributed by atoms with E-state index in [1.165, 1.54) is 0 Å². The van der Waals surface area contributed by atoms with Crippen LogP contribution in [0, 0.1) is 11.3 Å². The average Bonchev–Trinajstić information content (AvgIpc) is 2.29. The molecule has 0 spiro atoms. The molecule has 3 nitrogen and oxygen atoms in total. The van der Waals surface area contributed by atoms with E-state index >= 15 is 0 Å². The van der Waals surface area contributed by atoms with Gasteiger partial charge in [-0.3, -0.25) is 0 Å². The normalized spacial score (nSPS) is 9.62. The van der Waals surface area contributed by atoms with Crippen LogP contribution in [-0.4, -0.2) is 12.6 Å². The largest absolute Gasteiger partial charge is 0.462 e. The fraction of sp³-hybridized carbons (Fsp3) is 0.273. The molecule has 0 saturated heterocycles. The van der Waals surface area contributed by atoms with Crippen LogP contribution in [0.1, 0.15) is 28.4 Å². The first-order valence-corrected chi connectivity index (χ1v) is 6.51. The molecule has 0 fully saturated rings. The van der Waals surface area contributed by atoms with Crippen molar-refractivity contribution in [1.82, 2.24) is 0 Å². The summed E-state index contributed by atoms with van der Waals surface area (Å²) in [5.41, 5.74) is 1.68. The second-order valence-corrected chi connectivity index (χ2v) is 4.32. The van der Waals surface area contributed by atoms with Crippen molar-refractivity contribution in [2.24, 2.45) is 0 Å². The van der Waals surface area contributed by atoms with E-state index in [9.17, 15) is 4.79 Å². The van der Waals surface area contributed by atoms with Crippen molar-refractivity contribution in [3.63, 3.8) is 0 Å². The van der Waals surface area contributed by atoms with Crippen LogP contribution in [0.5, 0.6) is 0 Å². The van der Waals surface area contributed by atoms with Gasteiger partial charge in [-0.15, -0.1) is 0 Å². The summed E-state index contributed by atoms with van der Waals surface area (Å²) in [6, 6.07) is 5.46. The van der Waals surface area contributed by atoms with E-state index in [-0.39, 0.29) is 0 Å². The van der Waals surface area contributed by atoms with Crippen LogP contribution in [0.15, 0.2) is 16.6 Å². The molecule has 16 heavy (non-hydrogen) atoms. The second-order valence-electron chi connectivity index (χ2n) is 2.97. The van der Waals surface area contributed by atoms with Crippen LogP contribution >= 0.6 is 31.9 Å². The monoisotopic (exact) mass is 345 g/mol. The molecule has 0 saturated carbocycles. The minimum atomic E-state index is -0.423. The molecule has 0 N–H and O–H groups in total. The van der Waals surface area contributed by atoms with Gasteiger partial charge in [-0.1, -0.05) is 15.9 Å². The summed E-state index contributed by atoms with van der Waals surface area (Å²) in [7, 11) is 0. The van der Waals surface area contributed by atoms with E-state index in [4.69, 9.17) is 10.00 Å². The number of ether oxygens (including phenoxy) is 1. The van der Waals surface area contributed by atoms with Gasteiger partial charge in [0.1, 0.15) is 6.07 Å². The summed E-state index contributed by atoms with van der Waals surface area (Å²) in [5, 5.41) is 9.51. The standard InChI is InChI=1S/C11H9Br2NO2/c1-2-16-11(15)9-4-7(5-12)3-8(6-14)10(9)13/h3-4H,2,5H2,1H3. The second kappa shape index (κ2) is 6.02. The highest BCUT2D eigenvalue weighted by Crippen LogP contribution is 2.25. The first-order valence-electron chi connectivity index (χ1n) is 4.59. The Labute approximate surface area is 111 Å². The summed E-state index contributed by atoms with van der Waals surface area (Å²) in [6.45, 7) is 2.05. The zero-order chi connectivity index (χ0) is 12.1. The lowest BCUT2D eigenvalue weighted by atomic mass is 10.1. The van der Waals surface area contributed by atoms with Crippen LogP contribution in [0.4, 0.5) is 0 Å². The quantitative estimate of drug-likeness (QED) is 0.622. The molecule has 0 heterocycles. The van der Waals surface area contributed by atoms with Crippen molar-refractivity contribution in [3.05, 3.63) is 33.3 Å². The summed E-state index contributed by atoms with van der Waals surface area (Å²) < 4.78 is 5.40. The lowest BCUT2D eigenvalue weighted by molar-refractivity contribution is 0.0525. The van der Waals surface area contributed by atoms with Gasteiger partial charge in [0, 0.05) is 9.80 Å². The lowest BCUT2D eigenvalue weighted by Gasteiger charge is -2.07. The van der Waals surface area contributed by atoms with Crippen LogP contribution in [0.2, 0.25) is 0 Å². The van der Waals surface area contributed by atoms with E-state index in [0.29, 0.717) is 27.5 Å².